The summed E-state index contributed by atoms with van der Waals surface area (Å²) in [5.74, 6) is 0. The van der Waals surface area contributed by atoms with Gasteiger partial charge in [0, 0.05) is 1.43 Å². The summed E-state index contributed by atoms with van der Waals surface area (Å²) in [7, 11) is 0. The van der Waals surface area contributed by atoms with Crippen molar-refractivity contribution in [3.05, 3.63) is 0 Å². The van der Waals surface area contributed by atoms with Gasteiger partial charge in [0.15, 0.2) is 0 Å². The van der Waals surface area contributed by atoms with E-state index in [0.717, 1.165) is 0 Å². The first-order valence-electron chi connectivity index (χ1n) is 3.57. The molecular formula is C8H20O2. The van der Waals surface area contributed by atoms with Crippen LogP contribution in [0.3, 0.4) is 0 Å². The van der Waals surface area contributed by atoms with Gasteiger partial charge in [-0.05, 0) is 41.5 Å². The molecule has 0 N–H and O–H groups in total. The first-order chi connectivity index (χ1) is 4.21. The van der Waals surface area contributed by atoms with Crippen molar-refractivity contribution in [2.75, 3.05) is 0 Å². The maximum absolute atomic E-state index is 5.09. The molecular weight excluding hydrogens is 128 g/mol. The summed E-state index contributed by atoms with van der Waals surface area (Å²) in [6, 6.07) is 0. The molecule has 2 heteroatoms. The lowest BCUT2D eigenvalue weighted by Crippen LogP contribution is -2.27. The Balaban J connectivity index is 0. The van der Waals surface area contributed by atoms with Crippen molar-refractivity contribution in [3.63, 3.8) is 0 Å². The van der Waals surface area contributed by atoms with E-state index < -0.39 is 0 Å². The van der Waals surface area contributed by atoms with Gasteiger partial charge in [0.1, 0.15) is 0 Å². The van der Waals surface area contributed by atoms with E-state index >= 15 is 0 Å². The van der Waals surface area contributed by atoms with Crippen molar-refractivity contribution in [1.82, 2.24) is 0 Å². The third kappa shape index (κ3) is 7.92. The Morgan fingerprint density at radius 2 is 0.900 bits per heavy atom. The Morgan fingerprint density at radius 3 is 1.00 bits per heavy atom. The minimum Gasteiger partial charge on any atom is -0.230 e. The molecule has 0 radical (unpaired) electrons. The molecule has 0 aromatic rings. The monoisotopic (exact) mass is 148 g/mol. The molecule has 0 aliphatic heterocycles. The summed E-state index contributed by atoms with van der Waals surface area (Å²) in [6.45, 7) is 11.7. The second-order valence-electron chi connectivity index (χ2n) is 4.39. The average molecular weight is 148 g/mol. The standard InChI is InChI=1S/C8H18O2.H2/c1-7(2,3)9-10-8(4,5)6;/h1-6H3;1H. The zero-order chi connectivity index (χ0) is 8.41. The average Bonchev–Trinajstić information content (AvgIpc) is 1.57. The van der Waals surface area contributed by atoms with Crippen molar-refractivity contribution in [3.8, 4) is 0 Å². The van der Waals surface area contributed by atoms with Crippen LogP contribution in [0.5, 0.6) is 0 Å². The molecule has 0 fully saturated rings. The quantitative estimate of drug-likeness (QED) is 0.420. The van der Waals surface area contributed by atoms with Gasteiger partial charge in [0.25, 0.3) is 0 Å². The maximum Gasteiger partial charge on any atom is 0.0952 e. The van der Waals surface area contributed by atoms with Gasteiger partial charge in [-0.1, -0.05) is 0 Å². The van der Waals surface area contributed by atoms with Crippen molar-refractivity contribution in [2.24, 2.45) is 0 Å². The van der Waals surface area contributed by atoms with E-state index in [1.165, 1.54) is 0 Å². The minimum absolute atomic E-state index is 0. The molecule has 0 spiro atoms. The van der Waals surface area contributed by atoms with Crippen LogP contribution >= 0.6 is 0 Å². The highest BCUT2D eigenvalue weighted by Gasteiger charge is 2.18. The second-order valence-corrected chi connectivity index (χ2v) is 4.39. The topological polar surface area (TPSA) is 18.5 Å². The molecule has 0 bridgehead atoms. The van der Waals surface area contributed by atoms with Crippen LogP contribution in [0.25, 0.3) is 0 Å². The number of hydrogen-bond acceptors (Lipinski definition) is 2. The summed E-state index contributed by atoms with van der Waals surface area (Å²) < 4.78 is 0. The molecule has 0 aromatic heterocycles. The van der Waals surface area contributed by atoms with Gasteiger partial charge in [-0.3, -0.25) is 0 Å². The van der Waals surface area contributed by atoms with E-state index in [0.29, 0.717) is 0 Å². The van der Waals surface area contributed by atoms with Crippen LogP contribution in [0.4, 0.5) is 0 Å². The van der Waals surface area contributed by atoms with Crippen LogP contribution in [0, 0.1) is 0 Å². The predicted octanol–water partition coefficient (Wildman–Crippen LogP) is 2.78. The van der Waals surface area contributed by atoms with Gasteiger partial charge in [-0.15, -0.1) is 0 Å². The fourth-order valence-corrected chi connectivity index (χ4v) is 0.250. The number of rotatable bonds is 1. The van der Waals surface area contributed by atoms with Gasteiger partial charge >= 0.3 is 0 Å². The molecule has 0 heterocycles. The highest BCUT2D eigenvalue weighted by atomic mass is 17.2. The fraction of sp³-hybridized carbons (Fsp3) is 1.00. The van der Waals surface area contributed by atoms with Gasteiger partial charge < -0.3 is 0 Å². The zero-order valence-corrected chi connectivity index (χ0v) is 7.82. The largest absolute Gasteiger partial charge is 0.230 e. The van der Waals surface area contributed by atoms with Crippen LogP contribution in [-0.4, -0.2) is 11.2 Å². The Kier molecular flexibility index (Phi) is 2.86. The number of hydrogen-bond donors (Lipinski definition) is 0. The minimum atomic E-state index is -0.215. The Labute approximate surface area is 64.9 Å². The van der Waals surface area contributed by atoms with Crippen LogP contribution in [0.1, 0.15) is 43.0 Å². The van der Waals surface area contributed by atoms with Gasteiger partial charge in [0.05, 0.1) is 11.2 Å². The van der Waals surface area contributed by atoms with Gasteiger partial charge in [0.2, 0.25) is 0 Å². The fourth-order valence-electron chi connectivity index (χ4n) is 0.250. The van der Waals surface area contributed by atoms with E-state index in [9.17, 15) is 0 Å². The van der Waals surface area contributed by atoms with Crippen LogP contribution < -0.4 is 0 Å². The molecule has 0 atom stereocenters. The third-order valence-corrected chi connectivity index (χ3v) is 0.542. The smallest absolute Gasteiger partial charge is 0.0952 e. The maximum atomic E-state index is 5.09. The third-order valence-electron chi connectivity index (χ3n) is 0.542. The van der Waals surface area contributed by atoms with E-state index in [4.69, 9.17) is 9.78 Å². The predicted molar refractivity (Wildman–Crippen MR) is 43.8 cm³/mol. The summed E-state index contributed by atoms with van der Waals surface area (Å²) >= 11 is 0. The molecule has 0 saturated carbocycles. The SMILES string of the molecule is CC(C)(C)OOC(C)(C)C.[HH]. The van der Waals surface area contributed by atoms with E-state index in [1.54, 1.807) is 0 Å². The van der Waals surface area contributed by atoms with E-state index in [1.807, 2.05) is 41.5 Å². The van der Waals surface area contributed by atoms with E-state index in [2.05, 4.69) is 0 Å². The molecule has 0 rings (SSSR count). The Hall–Kier alpha value is -0.0800. The van der Waals surface area contributed by atoms with Crippen LogP contribution in [0.2, 0.25) is 0 Å². The highest BCUT2D eigenvalue weighted by molar-refractivity contribution is 4.58. The van der Waals surface area contributed by atoms with Crippen LogP contribution in [-0.2, 0) is 9.78 Å². The summed E-state index contributed by atoms with van der Waals surface area (Å²) in [5.41, 5.74) is -0.430. The normalized spacial score (nSPS) is 13.8. The molecule has 2 nitrogen and oxygen atoms in total. The van der Waals surface area contributed by atoms with Crippen molar-refractivity contribution in [1.29, 1.82) is 0 Å². The summed E-state index contributed by atoms with van der Waals surface area (Å²) in [6.07, 6.45) is 0. The summed E-state index contributed by atoms with van der Waals surface area (Å²) in [4.78, 5) is 10.2. The molecule has 0 aliphatic rings. The lowest BCUT2D eigenvalue weighted by molar-refractivity contribution is -0.393. The lowest BCUT2D eigenvalue weighted by Gasteiger charge is -2.24. The van der Waals surface area contributed by atoms with E-state index in [-0.39, 0.29) is 12.6 Å². The van der Waals surface area contributed by atoms with Crippen molar-refractivity contribution < 1.29 is 11.2 Å². The zero-order valence-electron chi connectivity index (χ0n) is 7.82. The van der Waals surface area contributed by atoms with Crippen molar-refractivity contribution in [2.45, 2.75) is 52.7 Å². The van der Waals surface area contributed by atoms with Crippen molar-refractivity contribution >= 4 is 0 Å². The first kappa shape index (κ1) is 9.92. The molecule has 0 saturated heterocycles. The summed E-state index contributed by atoms with van der Waals surface area (Å²) in [5, 5.41) is 0. The highest BCUT2D eigenvalue weighted by Crippen LogP contribution is 2.14. The van der Waals surface area contributed by atoms with Gasteiger partial charge in [-0.2, -0.15) is 0 Å². The molecule has 0 aliphatic carbocycles. The molecule has 0 unspecified atom stereocenters. The van der Waals surface area contributed by atoms with Gasteiger partial charge in [-0.25, -0.2) is 9.78 Å². The molecule has 0 aromatic carbocycles. The molecule has 10 heavy (non-hydrogen) atoms. The Morgan fingerprint density at radius 1 is 0.700 bits per heavy atom. The Bertz CT molecular complexity index is 85.6. The van der Waals surface area contributed by atoms with Crippen LogP contribution in [0.15, 0.2) is 0 Å². The first-order valence-corrected chi connectivity index (χ1v) is 3.57. The lowest BCUT2D eigenvalue weighted by atomic mass is 10.2. The molecule has 64 valence electrons. The second kappa shape index (κ2) is 2.89. The molecule has 0 amide bonds.